The molecule has 1 N–H and O–H groups in total. The first-order valence-corrected chi connectivity index (χ1v) is 9.62. The summed E-state index contributed by atoms with van der Waals surface area (Å²) in [6, 6.07) is 0.0970. The molecule has 2 saturated heterocycles. The van der Waals surface area contributed by atoms with E-state index in [9.17, 15) is 14.4 Å². The molecule has 6 nitrogen and oxygen atoms in total. The summed E-state index contributed by atoms with van der Waals surface area (Å²) in [6.45, 7) is 21.3. The zero-order valence-electron chi connectivity index (χ0n) is 18.6. The van der Waals surface area contributed by atoms with Gasteiger partial charge < -0.3 is 15.1 Å². The monoisotopic (exact) mass is 395 g/mol. The van der Waals surface area contributed by atoms with Gasteiger partial charge in [-0.3, -0.25) is 14.4 Å². The first kappa shape index (κ1) is 26.1. The summed E-state index contributed by atoms with van der Waals surface area (Å²) >= 11 is 0. The van der Waals surface area contributed by atoms with Crippen LogP contribution in [-0.4, -0.2) is 52.7 Å². The number of carbonyl (C=O) groups is 3. The molecule has 0 aromatic rings. The largest absolute Gasteiger partial charge is 0.342 e. The third-order valence-electron chi connectivity index (χ3n) is 5.50. The van der Waals surface area contributed by atoms with Crippen LogP contribution < -0.4 is 5.32 Å². The Morgan fingerprint density at radius 3 is 1.75 bits per heavy atom. The number of rotatable bonds is 1. The zero-order chi connectivity index (χ0) is 21.5. The van der Waals surface area contributed by atoms with Gasteiger partial charge in [-0.2, -0.15) is 0 Å². The molecule has 0 spiro atoms. The van der Waals surface area contributed by atoms with Gasteiger partial charge in [-0.15, -0.1) is 0 Å². The lowest BCUT2D eigenvalue weighted by atomic mass is 9.83. The first-order valence-electron chi connectivity index (χ1n) is 9.62. The number of amides is 3. The maximum Gasteiger partial charge on any atom is 0.247 e. The summed E-state index contributed by atoms with van der Waals surface area (Å²) in [4.78, 5) is 38.3. The van der Waals surface area contributed by atoms with Crippen LogP contribution in [0.25, 0.3) is 0 Å². The van der Waals surface area contributed by atoms with E-state index in [2.05, 4.69) is 25.7 Å². The van der Waals surface area contributed by atoms with Crippen molar-refractivity contribution in [2.24, 2.45) is 16.7 Å². The molecule has 162 valence electrons. The van der Waals surface area contributed by atoms with Crippen LogP contribution >= 0.6 is 0 Å². The van der Waals surface area contributed by atoms with Crippen molar-refractivity contribution in [2.75, 3.05) is 7.05 Å². The fourth-order valence-corrected chi connectivity index (χ4v) is 2.89. The maximum atomic E-state index is 11.9. The minimum Gasteiger partial charge on any atom is -0.342 e. The number of likely N-dealkylation sites (N-methyl/N-ethyl adjacent to an activating group) is 1. The zero-order valence-corrected chi connectivity index (χ0v) is 18.6. The van der Waals surface area contributed by atoms with Crippen LogP contribution in [0.15, 0.2) is 12.3 Å². The van der Waals surface area contributed by atoms with Crippen molar-refractivity contribution < 1.29 is 14.4 Å². The number of β-lactam (4-membered cyclic amide) rings is 1. The Morgan fingerprint density at radius 2 is 1.43 bits per heavy atom. The van der Waals surface area contributed by atoms with Crippen LogP contribution in [0.3, 0.4) is 0 Å². The Bertz CT molecular complexity index is 628. The SMILES string of the molecule is C.C=C1C(C)C(C)N1C(=O)C(C)(C)C.CC1C(NC(=O)C(C)(C)C)C(=O)N1C. The molecule has 2 aliphatic heterocycles. The predicted octanol–water partition coefficient (Wildman–Crippen LogP) is 3.43. The van der Waals surface area contributed by atoms with E-state index in [1.54, 1.807) is 11.9 Å². The van der Waals surface area contributed by atoms with Crippen LogP contribution in [0.5, 0.6) is 0 Å². The van der Waals surface area contributed by atoms with Crippen LogP contribution in [0.2, 0.25) is 0 Å². The van der Waals surface area contributed by atoms with Gasteiger partial charge in [-0.25, -0.2) is 0 Å². The number of hydrogen-bond donors (Lipinski definition) is 1. The molecule has 0 aromatic heterocycles. The highest BCUT2D eigenvalue weighted by Gasteiger charge is 2.44. The van der Waals surface area contributed by atoms with Crippen LogP contribution in [0, 0.1) is 16.7 Å². The minimum atomic E-state index is -0.436. The van der Waals surface area contributed by atoms with Gasteiger partial charge in [0.25, 0.3) is 0 Å². The van der Waals surface area contributed by atoms with E-state index in [0.29, 0.717) is 12.0 Å². The molecular formula is C22H41N3O3. The quantitative estimate of drug-likeness (QED) is 0.692. The normalized spacial score (nSPS) is 26.9. The average molecular weight is 396 g/mol. The van der Waals surface area contributed by atoms with Crippen molar-refractivity contribution in [2.45, 2.75) is 87.9 Å². The highest BCUT2D eigenvalue weighted by Crippen LogP contribution is 2.37. The number of nitrogens with zero attached hydrogens (tertiary/aromatic N) is 2. The average Bonchev–Trinajstić information content (AvgIpc) is 2.56. The van der Waals surface area contributed by atoms with Gasteiger partial charge in [0, 0.05) is 35.5 Å². The maximum absolute atomic E-state index is 11.9. The number of carbonyl (C=O) groups excluding carboxylic acids is 3. The third-order valence-corrected chi connectivity index (χ3v) is 5.50. The fraction of sp³-hybridized carbons (Fsp3) is 0.773. The van der Waals surface area contributed by atoms with Gasteiger partial charge in [0.2, 0.25) is 17.7 Å². The molecule has 3 amide bonds. The minimum absolute atomic E-state index is 0. The second-order valence-corrected chi connectivity index (χ2v) is 9.84. The van der Waals surface area contributed by atoms with Crippen molar-refractivity contribution >= 4 is 17.7 Å². The summed E-state index contributed by atoms with van der Waals surface area (Å²) in [5, 5.41) is 2.76. The molecule has 6 heteroatoms. The molecular weight excluding hydrogens is 354 g/mol. The molecule has 4 atom stereocenters. The van der Waals surface area contributed by atoms with Gasteiger partial charge in [0.15, 0.2) is 0 Å². The molecule has 0 aromatic carbocycles. The molecule has 0 saturated carbocycles. The van der Waals surface area contributed by atoms with Crippen molar-refractivity contribution in [3.05, 3.63) is 12.3 Å². The lowest BCUT2D eigenvalue weighted by molar-refractivity contribution is -0.151. The molecule has 2 rings (SSSR count). The van der Waals surface area contributed by atoms with Crippen molar-refractivity contribution in [3.63, 3.8) is 0 Å². The highest BCUT2D eigenvalue weighted by molar-refractivity contribution is 5.94. The molecule has 2 aliphatic rings. The molecule has 0 aliphatic carbocycles. The van der Waals surface area contributed by atoms with E-state index in [0.717, 1.165) is 5.70 Å². The Balaban J connectivity index is 0.000000504. The van der Waals surface area contributed by atoms with E-state index < -0.39 is 5.41 Å². The summed E-state index contributed by atoms with van der Waals surface area (Å²) in [5.74, 6) is 0.556. The first-order chi connectivity index (χ1) is 12.0. The van der Waals surface area contributed by atoms with E-state index in [4.69, 9.17) is 0 Å². The predicted molar refractivity (Wildman–Crippen MR) is 114 cm³/mol. The third kappa shape index (κ3) is 5.15. The standard InChI is InChI=1S/C11H19NO.C10H18N2O2.CH4/c1-7-8(2)12(9(7)3)10(13)11(4,5)6;1-6-7(8(13)12(6)5)11-9(14)10(2,3)4;/h7,9H,2H2,1,3-6H3;6-7H,1-5H3,(H,11,14);1H4. The van der Waals surface area contributed by atoms with Gasteiger partial charge in [0.1, 0.15) is 6.04 Å². The smallest absolute Gasteiger partial charge is 0.247 e. The Hall–Kier alpha value is -1.85. The topological polar surface area (TPSA) is 69.7 Å². The molecule has 2 fully saturated rings. The van der Waals surface area contributed by atoms with Gasteiger partial charge in [-0.1, -0.05) is 62.5 Å². The fourth-order valence-electron chi connectivity index (χ4n) is 2.89. The molecule has 0 radical (unpaired) electrons. The van der Waals surface area contributed by atoms with E-state index in [-0.39, 0.29) is 42.6 Å². The van der Waals surface area contributed by atoms with Crippen LogP contribution in [0.4, 0.5) is 0 Å². The van der Waals surface area contributed by atoms with Crippen molar-refractivity contribution in [3.8, 4) is 0 Å². The van der Waals surface area contributed by atoms with Crippen LogP contribution in [-0.2, 0) is 14.4 Å². The summed E-state index contributed by atoms with van der Waals surface area (Å²) in [7, 11) is 1.74. The second-order valence-electron chi connectivity index (χ2n) is 9.84. The molecule has 0 bridgehead atoms. The lowest BCUT2D eigenvalue weighted by Crippen LogP contribution is -2.68. The van der Waals surface area contributed by atoms with Crippen molar-refractivity contribution in [1.82, 2.24) is 15.1 Å². The second kappa shape index (κ2) is 8.66. The van der Waals surface area contributed by atoms with Gasteiger partial charge in [0.05, 0.1) is 6.04 Å². The Kier molecular flexibility index (Phi) is 8.09. The molecule has 4 unspecified atom stereocenters. The van der Waals surface area contributed by atoms with Crippen LogP contribution in [0.1, 0.15) is 69.7 Å². The van der Waals surface area contributed by atoms with Crippen molar-refractivity contribution in [1.29, 1.82) is 0 Å². The lowest BCUT2D eigenvalue weighted by Gasteiger charge is -2.49. The summed E-state index contributed by atoms with van der Waals surface area (Å²) < 4.78 is 0. The Labute approximate surface area is 171 Å². The molecule has 2 heterocycles. The number of likely N-dealkylation sites (tertiary alicyclic amines) is 2. The van der Waals surface area contributed by atoms with Gasteiger partial charge >= 0.3 is 0 Å². The number of nitrogens with one attached hydrogen (secondary N) is 1. The Morgan fingerprint density at radius 1 is 0.964 bits per heavy atom. The summed E-state index contributed by atoms with van der Waals surface area (Å²) in [5.41, 5.74) is 0.235. The van der Waals surface area contributed by atoms with Gasteiger partial charge in [-0.05, 0) is 13.8 Å². The molecule has 28 heavy (non-hydrogen) atoms. The number of hydrogen-bond acceptors (Lipinski definition) is 3. The van der Waals surface area contributed by atoms with E-state index in [1.165, 1.54) is 0 Å². The highest BCUT2D eigenvalue weighted by atomic mass is 16.2. The van der Waals surface area contributed by atoms with E-state index >= 15 is 0 Å². The van der Waals surface area contributed by atoms with E-state index in [1.807, 2.05) is 53.4 Å². The summed E-state index contributed by atoms with van der Waals surface area (Å²) in [6.07, 6.45) is 0.